The highest BCUT2D eigenvalue weighted by Gasteiger charge is 2.28. The van der Waals surface area contributed by atoms with Gasteiger partial charge in [-0.3, -0.25) is 0 Å². The molecule has 1 aromatic rings. The average Bonchev–Trinajstić information content (AvgIpc) is 2.22. The number of anilines is 1. The van der Waals surface area contributed by atoms with Crippen LogP contribution in [0.1, 0.15) is 32.3 Å². The Morgan fingerprint density at radius 1 is 1.41 bits per heavy atom. The molecular formula is C14H20ClNO. The third-order valence-corrected chi connectivity index (χ3v) is 3.51. The zero-order valence-electron chi connectivity index (χ0n) is 10.7. The van der Waals surface area contributed by atoms with Crippen LogP contribution in [-0.2, 0) is 4.74 Å². The van der Waals surface area contributed by atoms with Gasteiger partial charge in [-0.1, -0.05) is 17.7 Å². The van der Waals surface area contributed by atoms with Gasteiger partial charge in [-0.25, -0.2) is 0 Å². The van der Waals surface area contributed by atoms with E-state index < -0.39 is 0 Å². The van der Waals surface area contributed by atoms with Crippen molar-refractivity contribution in [1.29, 1.82) is 0 Å². The van der Waals surface area contributed by atoms with Gasteiger partial charge < -0.3 is 10.1 Å². The summed E-state index contributed by atoms with van der Waals surface area (Å²) in [5.41, 5.74) is 2.23. The maximum Gasteiger partial charge on any atom is 0.0646 e. The summed E-state index contributed by atoms with van der Waals surface area (Å²) in [5.74, 6) is 0. The Morgan fingerprint density at radius 2 is 2.18 bits per heavy atom. The van der Waals surface area contributed by atoms with Crippen molar-refractivity contribution in [3.8, 4) is 0 Å². The average molecular weight is 254 g/mol. The smallest absolute Gasteiger partial charge is 0.0646 e. The lowest BCUT2D eigenvalue weighted by molar-refractivity contribution is -0.0553. The molecule has 0 radical (unpaired) electrons. The zero-order valence-corrected chi connectivity index (χ0v) is 11.5. The lowest BCUT2D eigenvalue weighted by Crippen LogP contribution is -2.40. The number of rotatable bonds is 2. The maximum absolute atomic E-state index is 6.19. The van der Waals surface area contributed by atoms with Crippen LogP contribution >= 0.6 is 11.6 Å². The Hall–Kier alpha value is -0.730. The molecule has 17 heavy (non-hydrogen) atoms. The molecule has 2 nitrogen and oxygen atoms in total. The highest BCUT2D eigenvalue weighted by molar-refractivity contribution is 6.33. The Bertz CT molecular complexity index is 403. The fourth-order valence-electron chi connectivity index (χ4n) is 2.32. The van der Waals surface area contributed by atoms with Gasteiger partial charge in [-0.05, 0) is 51.3 Å². The van der Waals surface area contributed by atoms with Crippen molar-refractivity contribution in [2.24, 2.45) is 0 Å². The van der Waals surface area contributed by atoms with Crippen molar-refractivity contribution in [3.05, 3.63) is 28.8 Å². The number of benzene rings is 1. The first-order valence-electron chi connectivity index (χ1n) is 6.13. The van der Waals surface area contributed by atoms with E-state index in [0.717, 1.165) is 30.2 Å². The number of nitrogens with one attached hydrogen (secondary N) is 1. The SMILES string of the molecule is Cc1ccc(Cl)c(NC2CCOC(C)(C)C2)c1. The molecule has 1 aromatic carbocycles. The van der Waals surface area contributed by atoms with Crippen LogP contribution in [0.4, 0.5) is 5.69 Å². The highest BCUT2D eigenvalue weighted by Crippen LogP contribution is 2.29. The van der Waals surface area contributed by atoms with E-state index in [4.69, 9.17) is 16.3 Å². The second kappa shape index (κ2) is 4.87. The Balaban J connectivity index is 2.07. The summed E-state index contributed by atoms with van der Waals surface area (Å²) in [6, 6.07) is 6.52. The number of halogens is 1. The molecule has 3 heteroatoms. The molecule has 0 saturated carbocycles. The van der Waals surface area contributed by atoms with Crippen molar-refractivity contribution >= 4 is 17.3 Å². The molecule has 0 aliphatic carbocycles. The lowest BCUT2D eigenvalue weighted by Gasteiger charge is -2.36. The minimum Gasteiger partial charge on any atom is -0.381 e. The van der Waals surface area contributed by atoms with Crippen molar-refractivity contribution in [2.75, 3.05) is 11.9 Å². The molecular weight excluding hydrogens is 234 g/mol. The van der Waals surface area contributed by atoms with Crippen LogP contribution in [0.5, 0.6) is 0 Å². The first-order chi connectivity index (χ1) is 7.96. The molecule has 1 fully saturated rings. The van der Waals surface area contributed by atoms with Gasteiger partial charge in [-0.15, -0.1) is 0 Å². The van der Waals surface area contributed by atoms with E-state index >= 15 is 0 Å². The van der Waals surface area contributed by atoms with Crippen molar-refractivity contribution in [1.82, 2.24) is 0 Å². The molecule has 1 atom stereocenters. The summed E-state index contributed by atoms with van der Waals surface area (Å²) in [5, 5.41) is 4.33. The van der Waals surface area contributed by atoms with Crippen molar-refractivity contribution in [2.45, 2.75) is 45.3 Å². The largest absolute Gasteiger partial charge is 0.381 e. The van der Waals surface area contributed by atoms with E-state index in [0.29, 0.717) is 6.04 Å². The lowest BCUT2D eigenvalue weighted by atomic mass is 9.94. The topological polar surface area (TPSA) is 21.3 Å². The number of ether oxygens (including phenoxy) is 1. The van der Waals surface area contributed by atoms with Crippen LogP contribution in [0.25, 0.3) is 0 Å². The Kier molecular flexibility index (Phi) is 3.64. The third kappa shape index (κ3) is 3.36. The summed E-state index contributed by atoms with van der Waals surface area (Å²) in [7, 11) is 0. The summed E-state index contributed by atoms with van der Waals surface area (Å²) in [6.45, 7) is 7.17. The molecule has 2 rings (SSSR count). The molecule has 0 bridgehead atoms. The predicted molar refractivity (Wildman–Crippen MR) is 72.9 cm³/mol. The molecule has 1 unspecified atom stereocenters. The number of hydrogen-bond acceptors (Lipinski definition) is 2. The second-order valence-corrected chi connectivity index (χ2v) is 5.83. The normalized spacial score (nSPS) is 23.4. The van der Waals surface area contributed by atoms with E-state index in [2.05, 4.69) is 32.2 Å². The number of hydrogen-bond donors (Lipinski definition) is 1. The Morgan fingerprint density at radius 3 is 2.88 bits per heavy atom. The van der Waals surface area contributed by atoms with Gasteiger partial charge in [0.05, 0.1) is 16.3 Å². The maximum atomic E-state index is 6.19. The van der Waals surface area contributed by atoms with Gasteiger partial charge >= 0.3 is 0 Å². The minimum atomic E-state index is -0.0355. The summed E-state index contributed by atoms with van der Waals surface area (Å²) >= 11 is 6.19. The van der Waals surface area contributed by atoms with E-state index in [-0.39, 0.29) is 5.60 Å². The molecule has 0 amide bonds. The van der Waals surface area contributed by atoms with Gasteiger partial charge in [0.2, 0.25) is 0 Å². The van der Waals surface area contributed by atoms with Crippen molar-refractivity contribution < 1.29 is 4.74 Å². The standard InChI is InChI=1S/C14H20ClNO/c1-10-4-5-12(15)13(8-10)16-11-6-7-17-14(2,3)9-11/h4-5,8,11,16H,6-7,9H2,1-3H3. The van der Waals surface area contributed by atoms with Crippen LogP contribution < -0.4 is 5.32 Å². The van der Waals surface area contributed by atoms with Crippen LogP contribution in [0.15, 0.2) is 18.2 Å². The molecule has 0 spiro atoms. The van der Waals surface area contributed by atoms with Crippen molar-refractivity contribution in [3.63, 3.8) is 0 Å². The first kappa shape index (κ1) is 12.7. The summed E-state index contributed by atoms with van der Waals surface area (Å²) < 4.78 is 5.71. The van der Waals surface area contributed by atoms with Crippen LogP contribution in [-0.4, -0.2) is 18.2 Å². The fraction of sp³-hybridized carbons (Fsp3) is 0.571. The van der Waals surface area contributed by atoms with Gasteiger partial charge in [-0.2, -0.15) is 0 Å². The molecule has 1 saturated heterocycles. The van der Waals surface area contributed by atoms with Gasteiger partial charge in [0.25, 0.3) is 0 Å². The summed E-state index contributed by atoms with van der Waals surface area (Å²) in [4.78, 5) is 0. The van der Waals surface area contributed by atoms with Crippen LogP contribution in [0.3, 0.4) is 0 Å². The number of aryl methyl sites for hydroxylation is 1. The van der Waals surface area contributed by atoms with E-state index in [1.807, 2.05) is 12.1 Å². The second-order valence-electron chi connectivity index (χ2n) is 5.43. The summed E-state index contributed by atoms with van der Waals surface area (Å²) in [6.07, 6.45) is 2.05. The molecule has 94 valence electrons. The molecule has 1 aliphatic rings. The van der Waals surface area contributed by atoms with E-state index in [1.165, 1.54) is 5.56 Å². The van der Waals surface area contributed by atoms with Crippen LogP contribution in [0.2, 0.25) is 5.02 Å². The molecule has 0 aromatic heterocycles. The quantitative estimate of drug-likeness (QED) is 0.860. The van der Waals surface area contributed by atoms with Crippen LogP contribution in [0, 0.1) is 6.92 Å². The molecule has 1 N–H and O–H groups in total. The zero-order chi connectivity index (χ0) is 12.5. The third-order valence-electron chi connectivity index (χ3n) is 3.18. The van der Waals surface area contributed by atoms with E-state index in [1.54, 1.807) is 0 Å². The Labute approximate surface area is 108 Å². The highest BCUT2D eigenvalue weighted by atomic mass is 35.5. The monoisotopic (exact) mass is 253 g/mol. The fourth-order valence-corrected chi connectivity index (χ4v) is 2.50. The van der Waals surface area contributed by atoms with Gasteiger partial charge in [0, 0.05) is 12.6 Å². The molecule has 1 heterocycles. The first-order valence-corrected chi connectivity index (χ1v) is 6.51. The van der Waals surface area contributed by atoms with Gasteiger partial charge in [0.15, 0.2) is 0 Å². The van der Waals surface area contributed by atoms with E-state index in [9.17, 15) is 0 Å². The molecule has 1 aliphatic heterocycles. The minimum absolute atomic E-state index is 0.0355. The predicted octanol–water partition coefficient (Wildman–Crippen LogP) is 4.02. The van der Waals surface area contributed by atoms with Gasteiger partial charge in [0.1, 0.15) is 0 Å².